The van der Waals surface area contributed by atoms with E-state index in [2.05, 4.69) is 12.1 Å². The van der Waals surface area contributed by atoms with Crippen LogP contribution in [0.4, 0.5) is 0 Å². The van der Waals surface area contributed by atoms with E-state index >= 15 is 0 Å². The van der Waals surface area contributed by atoms with Gasteiger partial charge in [-0.05, 0) is 0 Å². The van der Waals surface area contributed by atoms with E-state index in [0.717, 1.165) is 0 Å². The first kappa shape index (κ1) is 21.7. The summed E-state index contributed by atoms with van der Waals surface area (Å²) in [5.74, 6) is 0. The Morgan fingerprint density at radius 3 is 0.893 bits per heavy atom. The average molecular weight is 754 g/mol. The van der Waals surface area contributed by atoms with Gasteiger partial charge in [-0.2, -0.15) is 0 Å². The van der Waals surface area contributed by atoms with Crippen LogP contribution in [-0.2, 0) is 0 Å². The molecule has 0 heterocycles. The van der Waals surface area contributed by atoms with Crippen molar-refractivity contribution in [3.63, 3.8) is 0 Å². The molecule has 0 bridgehead atoms. The van der Waals surface area contributed by atoms with Crippen LogP contribution in [0.15, 0.2) is 0 Å². The molecule has 132 valence electrons. The van der Waals surface area contributed by atoms with Gasteiger partial charge in [-0.1, -0.05) is 0 Å². The molecule has 2 aromatic rings. The van der Waals surface area contributed by atoms with Crippen molar-refractivity contribution in [2.24, 2.45) is 0 Å². The van der Waals surface area contributed by atoms with Gasteiger partial charge in [0, 0.05) is 0 Å². The van der Waals surface area contributed by atoms with Crippen LogP contribution >= 0.6 is 0 Å². The third kappa shape index (κ3) is 3.12. The van der Waals surface area contributed by atoms with Gasteiger partial charge < -0.3 is 0 Å². The van der Waals surface area contributed by atoms with Crippen LogP contribution in [0.2, 0.25) is 18.5 Å². The van der Waals surface area contributed by atoms with Gasteiger partial charge in [-0.3, -0.25) is 0 Å². The van der Waals surface area contributed by atoms with Crippen LogP contribution in [0, 0.1) is 68.0 Å². The summed E-state index contributed by atoms with van der Waals surface area (Å²) in [6, 6.07) is 12.4. The Balaban J connectivity index is 3.58. The molecule has 0 radical (unpaired) electrons. The number of fused-ring (bicyclic) bond motifs is 1. The molecule has 6 nitrogen and oxygen atoms in total. The molecule has 0 saturated carbocycles. The van der Waals surface area contributed by atoms with Crippen molar-refractivity contribution in [3.8, 4) is 36.4 Å². The summed E-state index contributed by atoms with van der Waals surface area (Å²) in [7, 11) is 0. The molecule has 0 fully saturated rings. The van der Waals surface area contributed by atoms with Crippen molar-refractivity contribution in [3.05, 3.63) is 33.4 Å². The van der Waals surface area contributed by atoms with Crippen molar-refractivity contribution >= 4 is 60.8 Å². The Morgan fingerprint density at radius 2 is 0.679 bits per heavy atom. The summed E-state index contributed by atoms with van der Waals surface area (Å²) in [5.41, 5.74) is 0.641. The van der Waals surface area contributed by atoms with E-state index in [0.29, 0.717) is 6.54 Å². The van der Waals surface area contributed by atoms with Crippen LogP contribution in [0.1, 0.15) is 33.4 Å². The van der Waals surface area contributed by atoms with E-state index in [-0.39, 0.29) is 44.2 Å². The first-order valence-electron chi connectivity index (χ1n) is 7.83. The minimum absolute atomic E-state index is 0.00972. The molecule has 0 amide bonds. The van der Waals surface area contributed by atoms with Crippen molar-refractivity contribution in [1.82, 2.24) is 0 Å². The van der Waals surface area contributed by atoms with Gasteiger partial charge in [0.25, 0.3) is 0 Å². The van der Waals surface area contributed by atoms with E-state index in [9.17, 15) is 31.6 Å². The molecule has 0 spiro atoms. The molecule has 0 N–H and O–H groups in total. The standard InChI is InChI=1S/C16N6.4CH3.2Bi/c17-3-9-1-11(5-19)15-12(6-20)2-10(4-18)14(8-22)16(15)13(9)7-21;;;;;;/h;4*1H3;;. The zero-order valence-electron chi connectivity index (χ0n) is 15.6. The third-order valence-electron chi connectivity index (χ3n) is 4.26. The molecular weight excluding hydrogens is 742 g/mol. The number of benzene rings is 2. The number of nitriles is 6. The van der Waals surface area contributed by atoms with Gasteiger partial charge in [0.2, 0.25) is 0 Å². The molecular formula is C20H12Bi2N6. The molecule has 0 aromatic heterocycles. The van der Waals surface area contributed by atoms with E-state index in [4.69, 9.17) is 0 Å². The van der Waals surface area contributed by atoms with Gasteiger partial charge in [-0.25, -0.2) is 0 Å². The third-order valence-corrected chi connectivity index (χ3v) is 14.7. The molecule has 2 aromatic carbocycles. The van der Waals surface area contributed by atoms with Crippen LogP contribution in [0.5, 0.6) is 0 Å². The fourth-order valence-electron chi connectivity index (χ4n) is 3.28. The molecule has 0 unspecified atom stereocenters. The SMILES string of the molecule is [CH3][Bi]([CH3])[c]1c(C#N)c(C#N)c2c(C#N)c(C#N)[c]([Bi]([CH3])[CH3])c(C#N)c2c1C#N. The van der Waals surface area contributed by atoms with E-state index in [1.54, 1.807) is 0 Å². The maximum absolute atomic E-state index is 9.94. The Labute approximate surface area is 179 Å². The van der Waals surface area contributed by atoms with Gasteiger partial charge in [-0.15, -0.1) is 0 Å². The quantitative estimate of drug-likeness (QED) is 0.430. The summed E-state index contributed by atoms with van der Waals surface area (Å²) < 4.78 is 9.20. The Kier molecular flexibility index (Phi) is 6.67. The predicted molar refractivity (Wildman–Crippen MR) is 106 cm³/mol. The van der Waals surface area contributed by atoms with Gasteiger partial charge in [0.05, 0.1) is 0 Å². The molecule has 2 rings (SSSR count). The Morgan fingerprint density at radius 1 is 0.429 bits per heavy atom. The summed E-state index contributed by atoms with van der Waals surface area (Å²) in [6.45, 7) is 0. The summed E-state index contributed by atoms with van der Waals surface area (Å²) in [6.07, 6.45) is 0. The second kappa shape index (κ2) is 8.61. The summed E-state index contributed by atoms with van der Waals surface area (Å²) >= 11 is -4.89. The van der Waals surface area contributed by atoms with Crippen molar-refractivity contribution in [2.75, 3.05) is 0 Å². The normalized spacial score (nSPS) is 9.86. The van der Waals surface area contributed by atoms with E-state index in [1.165, 1.54) is 0 Å². The number of hydrogen-bond donors (Lipinski definition) is 0. The second-order valence-electron chi connectivity index (χ2n) is 6.16. The van der Waals surface area contributed by atoms with E-state index in [1.807, 2.05) is 42.8 Å². The first-order chi connectivity index (χ1) is 13.3. The van der Waals surface area contributed by atoms with Crippen molar-refractivity contribution in [2.45, 2.75) is 18.5 Å². The second-order valence-corrected chi connectivity index (χ2v) is 23.5. The molecule has 8 heteroatoms. The average Bonchev–Trinajstić information content (AvgIpc) is 2.69. The van der Waals surface area contributed by atoms with Crippen molar-refractivity contribution in [1.29, 1.82) is 31.6 Å². The topological polar surface area (TPSA) is 143 Å². The van der Waals surface area contributed by atoms with Crippen LogP contribution in [-0.4, -0.2) is 43.5 Å². The molecule has 0 aliphatic heterocycles. The van der Waals surface area contributed by atoms with Crippen molar-refractivity contribution < 1.29 is 0 Å². The number of rotatable bonds is 2. The minimum atomic E-state index is -2.44. The fraction of sp³-hybridized carbons (Fsp3) is 0.200. The summed E-state index contributed by atoms with van der Waals surface area (Å²) in [4.78, 5) is 0. The van der Waals surface area contributed by atoms with Gasteiger partial charge in [0.1, 0.15) is 0 Å². The van der Waals surface area contributed by atoms with E-state index < -0.39 is 43.5 Å². The molecule has 0 aliphatic rings. The monoisotopic (exact) mass is 754 g/mol. The number of hydrogen-bond acceptors (Lipinski definition) is 6. The zero-order chi connectivity index (χ0) is 21.2. The molecule has 0 atom stereocenters. The fourth-order valence-corrected chi connectivity index (χ4v) is 12.7. The Hall–Kier alpha value is -2.59. The number of nitrogens with zero attached hydrogens (tertiary/aromatic N) is 6. The van der Waals surface area contributed by atoms with Gasteiger partial charge >= 0.3 is 181 Å². The zero-order valence-corrected chi connectivity index (χ0v) is 22.5. The molecule has 0 saturated heterocycles. The first-order valence-corrected chi connectivity index (χ1v) is 25.2. The van der Waals surface area contributed by atoms with Crippen LogP contribution in [0.25, 0.3) is 10.8 Å². The predicted octanol–water partition coefficient (Wildman–Crippen LogP) is 1.99. The summed E-state index contributed by atoms with van der Waals surface area (Å²) in [5, 5.41) is 59.4. The van der Waals surface area contributed by atoms with Gasteiger partial charge in [0.15, 0.2) is 0 Å². The molecule has 0 aliphatic carbocycles. The maximum atomic E-state index is 9.94. The Bertz CT molecular complexity index is 1180. The molecule has 28 heavy (non-hydrogen) atoms. The van der Waals surface area contributed by atoms with Crippen LogP contribution in [0.3, 0.4) is 0 Å². The van der Waals surface area contributed by atoms with Crippen LogP contribution < -0.4 is 6.54 Å².